The Morgan fingerprint density at radius 3 is 2.42 bits per heavy atom. The number of rotatable bonds is 3. The van der Waals surface area contributed by atoms with Crippen LogP contribution in [0.15, 0.2) is 42.5 Å². The molecule has 0 unspecified atom stereocenters. The molecule has 0 fully saturated rings. The summed E-state index contributed by atoms with van der Waals surface area (Å²) in [6.45, 7) is 0. The van der Waals surface area contributed by atoms with Gasteiger partial charge in [-0.05, 0) is 35.4 Å². The lowest BCUT2D eigenvalue weighted by Crippen LogP contribution is -2.01. The van der Waals surface area contributed by atoms with Gasteiger partial charge in [0.1, 0.15) is 5.75 Å². The predicted molar refractivity (Wildman–Crippen MR) is 74.8 cm³/mol. The van der Waals surface area contributed by atoms with Gasteiger partial charge in [0.25, 0.3) is 0 Å². The first kappa shape index (κ1) is 13.4. The number of halogens is 1. The largest absolute Gasteiger partial charge is 0.497 e. The smallest absolute Gasteiger partial charge is 0.339 e. The van der Waals surface area contributed by atoms with Crippen molar-refractivity contribution in [1.82, 2.24) is 0 Å². The molecule has 4 heteroatoms. The zero-order valence-electron chi connectivity index (χ0n) is 10.6. The minimum absolute atomic E-state index is 0.357. The fraction of sp³-hybridized carbons (Fsp3) is 0.133. The number of methoxy groups -OCH3 is 2. The molecule has 0 N–H and O–H groups in total. The molecule has 0 aromatic heterocycles. The molecule has 0 bridgehead atoms. The second-order valence-corrected chi connectivity index (χ2v) is 4.33. The molecule has 2 rings (SSSR count). The van der Waals surface area contributed by atoms with Crippen molar-refractivity contribution in [2.24, 2.45) is 0 Å². The Morgan fingerprint density at radius 1 is 1.05 bits per heavy atom. The van der Waals surface area contributed by atoms with Gasteiger partial charge in [-0.1, -0.05) is 29.8 Å². The van der Waals surface area contributed by atoms with Crippen LogP contribution in [0.2, 0.25) is 5.02 Å². The summed E-state index contributed by atoms with van der Waals surface area (Å²) < 4.78 is 9.83. The number of hydrogen-bond acceptors (Lipinski definition) is 3. The van der Waals surface area contributed by atoms with E-state index in [1.807, 2.05) is 30.3 Å². The Hall–Kier alpha value is -2.00. The van der Waals surface area contributed by atoms with Crippen molar-refractivity contribution in [3.8, 4) is 16.9 Å². The summed E-state index contributed by atoms with van der Waals surface area (Å²) in [5.74, 6) is 0.327. The molecule has 0 amide bonds. The third-order valence-electron chi connectivity index (χ3n) is 2.78. The maximum atomic E-state index is 11.5. The molecule has 19 heavy (non-hydrogen) atoms. The molecule has 0 radical (unpaired) electrons. The molecule has 0 aliphatic heterocycles. The molecule has 2 aromatic rings. The van der Waals surface area contributed by atoms with Crippen LogP contribution in [0, 0.1) is 0 Å². The van der Waals surface area contributed by atoms with Gasteiger partial charge in [-0.2, -0.15) is 0 Å². The number of ether oxygens (including phenoxy) is 2. The van der Waals surface area contributed by atoms with E-state index in [4.69, 9.17) is 16.3 Å². The van der Waals surface area contributed by atoms with Crippen molar-refractivity contribution < 1.29 is 14.3 Å². The summed E-state index contributed by atoms with van der Waals surface area (Å²) in [5, 5.41) is 0.368. The van der Waals surface area contributed by atoms with E-state index < -0.39 is 5.97 Å². The summed E-state index contributed by atoms with van der Waals surface area (Å²) in [5.41, 5.74) is 2.24. The highest BCUT2D eigenvalue weighted by molar-refractivity contribution is 6.33. The second kappa shape index (κ2) is 5.76. The molecular formula is C15H13ClO3. The van der Waals surface area contributed by atoms with Crippen molar-refractivity contribution in [3.05, 3.63) is 53.1 Å². The van der Waals surface area contributed by atoms with Gasteiger partial charge in [-0.15, -0.1) is 0 Å². The average Bonchev–Trinajstić information content (AvgIpc) is 2.46. The van der Waals surface area contributed by atoms with E-state index in [1.54, 1.807) is 19.2 Å². The van der Waals surface area contributed by atoms with Crippen LogP contribution in [0.1, 0.15) is 10.4 Å². The first-order valence-electron chi connectivity index (χ1n) is 5.68. The van der Waals surface area contributed by atoms with Crippen molar-refractivity contribution in [1.29, 1.82) is 0 Å². The van der Waals surface area contributed by atoms with Gasteiger partial charge in [0.05, 0.1) is 24.8 Å². The van der Waals surface area contributed by atoms with E-state index >= 15 is 0 Å². The van der Waals surface area contributed by atoms with Gasteiger partial charge >= 0.3 is 5.97 Å². The van der Waals surface area contributed by atoms with Crippen molar-refractivity contribution in [2.75, 3.05) is 14.2 Å². The van der Waals surface area contributed by atoms with E-state index in [2.05, 4.69) is 4.74 Å². The minimum atomic E-state index is -0.442. The lowest BCUT2D eigenvalue weighted by molar-refractivity contribution is 0.0601. The van der Waals surface area contributed by atoms with Crippen molar-refractivity contribution in [3.63, 3.8) is 0 Å². The minimum Gasteiger partial charge on any atom is -0.497 e. The van der Waals surface area contributed by atoms with Crippen LogP contribution in [0.5, 0.6) is 5.75 Å². The normalized spacial score (nSPS) is 10.1. The summed E-state index contributed by atoms with van der Waals surface area (Å²) in [6, 6.07) is 12.8. The van der Waals surface area contributed by atoms with Crippen molar-refractivity contribution >= 4 is 17.6 Å². The zero-order chi connectivity index (χ0) is 13.8. The Bertz CT molecular complexity index is 608. The highest BCUT2D eigenvalue weighted by Gasteiger charge is 2.11. The molecule has 0 saturated heterocycles. The highest BCUT2D eigenvalue weighted by atomic mass is 35.5. The summed E-state index contributed by atoms with van der Waals surface area (Å²) in [6.07, 6.45) is 0. The first-order chi connectivity index (χ1) is 9.15. The van der Waals surface area contributed by atoms with E-state index in [0.717, 1.165) is 16.9 Å². The monoisotopic (exact) mass is 276 g/mol. The van der Waals surface area contributed by atoms with Crippen LogP contribution < -0.4 is 4.74 Å². The SMILES string of the molecule is COC(=O)c1ccc(-c2cccc(OC)c2)cc1Cl. The summed E-state index contributed by atoms with van der Waals surface area (Å²) >= 11 is 6.09. The molecule has 98 valence electrons. The molecule has 0 aliphatic rings. The standard InChI is InChI=1S/C15H13ClO3/c1-18-12-5-3-4-10(8-12)11-6-7-13(14(16)9-11)15(17)19-2/h3-9H,1-2H3. The summed E-state index contributed by atoms with van der Waals surface area (Å²) in [4.78, 5) is 11.5. The van der Waals surface area contributed by atoms with Crippen LogP contribution in [-0.4, -0.2) is 20.2 Å². The van der Waals surface area contributed by atoms with Crippen molar-refractivity contribution in [2.45, 2.75) is 0 Å². The molecule has 0 atom stereocenters. The van der Waals surface area contributed by atoms with Gasteiger partial charge in [0.15, 0.2) is 0 Å². The van der Waals surface area contributed by atoms with Gasteiger partial charge in [-0.3, -0.25) is 0 Å². The van der Waals surface area contributed by atoms with Crippen LogP contribution >= 0.6 is 11.6 Å². The van der Waals surface area contributed by atoms with E-state index in [0.29, 0.717) is 10.6 Å². The van der Waals surface area contributed by atoms with Crippen LogP contribution in [-0.2, 0) is 4.74 Å². The van der Waals surface area contributed by atoms with Crippen LogP contribution in [0.3, 0.4) is 0 Å². The van der Waals surface area contributed by atoms with Crippen LogP contribution in [0.25, 0.3) is 11.1 Å². The number of carbonyl (C=O) groups excluding carboxylic acids is 1. The molecule has 3 nitrogen and oxygen atoms in total. The van der Waals surface area contributed by atoms with Gasteiger partial charge in [0.2, 0.25) is 0 Å². The molecule has 0 saturated carbocycles. The highest BCUT2D eigenvalue weighted by Crippen LogP contribution is 2.28. The maximum Gasteiger partial charge on any atom is 0.339 e. The Labute approximate surface area is 116 Å². The third-order valence-corrected chi connectivity index (χ3v) is 3.09. The molecule has 2 aromatic carbocycles. The van der Waals surface area contributed by atoms with E-state index in [9.17, 15) is 4.79 Å². The number of carbonyl (C=O) groups is 1. The second-order valence-electron chi connectivity index (χ2n) is 3.92. The Balaban J connectivity index is 2.41. The van der Waals surface area contributed by atoms with Gasteiger partial charge in [-0.25, -0.2) is 4.79 Å². The summed E-state index contributed by atoms with van der Waals surface area (Å²) in [7, 11) is 2.95. The van der Waals surface area contributed by atoms with E-state index in [1.165, 1.54) is 7.11 Å². The lowest BCUT2D eigenvalue weighted by atomic mass is 10.0. The predicted octanol–water partition coefficient (Wildman–Crippen LogP) is 3.80. The molecule has 0 heterocycles. The molecular weight excluding hydrogens is 264 g/mol. The third kappa shape index (κ3) is 2.88. The van der Waals surface area contributed by atoms with E-state index in [-0.39, 0.29) is 0 Å². The first-order valence-corrected chi connectivity index (χ1v) is 6.06. The van der Waals surface area contributed by atoms with Gasteiger partial charge in [0, 0.05) is 0 Å². The van der Waals surface area contributed by atoms with Crippen LogP contribution in [0.4, 0.5) is 0 Å². The number of benzene rings is 2. The molecule has 0 spiro atoms. The number of esters is 1. The zero-order valence-corrected chi connectivity index (χ0v) is 11.4. The average molecular weight is 277 g/mol. The Morgan fingerprint density at radius 2 is 1.79 bits per heavy atom. The number of hydrogen-bond donors (Lipinski definition) is 0. The maximum absolute atomic E-state index is 11.5. The topological polar surface area (TPSA) is 35.5 Å². The van der Waals surface area contributed by atoms with Gasteiger partial charge < -0.3 is 9.47 Å². The lowest BCUT2D eigenvalue weighted by Gasteiger charge is -2.07. The molecule has 0 aliphatic carbocycles. The fourth-order valence-electron chi connectivity index (χ4n) is 1.77. The quantitative estimate of drug-likeness (QED) is 0.800. The Kier molecular flexibility index (Phi) is 4.07. The fourth-order valence-corrected chi connectivity index (χ4v) is 2.03.